The van der Waals surface area contributed by atoms with E-state index in [9.17, 15) is 9.59 Å². The Labute approximate surface area is 159 Å². The number of nitrogens with one attached hydrogen (secondary N) is 1. The van der Waals surface area contributed by atoms with Crippen LogP contribution in [0.5, 0.6) is 0 Å². The predicted molar refractivity (Wildman–Crippen MR) is 106 cm³/mol. The van der Waals surface area contributed by atoms with E-state index >= 15 is 0 Å². The minimum Gasteiger partial charge on any atom is -0.353 e. The molecule has 0 aliphatic carbocycles. The van der Waals surface area contributed by atoms with E-state index in [0.29, 0.717) is 12.2 Å². The molecule has 1 aromatic heterocycles. The Kier molecular flexibility index (Phi) is 6.36. The minimum atomic E-state index is -0.278. The van der Waals surface area contributed by atoms with Gasteiger partial charge in [-0.2, -0.15) is 5.10 Å². The second-order valence-electron chi connectivity index (χ2n) is 7.08. The first-order valence-electron chi connectivity index (χ1n) is 9.34. The molecule has 0 atom stereocenters. The minimum absolute atomic E-state index is 0.0682. The molecule has 0 unspecified atom stereocenters. The average molecular weight is 369 g/mol. The van der Waals surface area contributed by atoms with Crippen LogP contribution in [0.3, 0.4) is 0 Å². The highest BCUT2D eigenvalue weighted by atomic mass is 16.2. The van der Waals surface area contributed by atoms with Crippen molar-refractivity contribution >= 4 is 5.91 Å². The van der Waals surface area contributed by atoms with Crippen LogP contribution < -0.4 is 10.9 Å². The number of hydrogen-bond acceptors (Lipinski definition) is 5. The number of aryl methyl sites for hydroxylation is 1. The zero-order valence-corrected chi connectivity index (χ0v) is 16.0. The molecule has 3 rings (SSSR count). The molecule has 27 heavy (non-hydrogen) atoms. The van der Waals surface area contributed by atoms with Crippen LogP contribution in [0.2, 0.25) is 0 Å². The average Bonchev–Trinajstić information content (AvgIpc) is 2.66. The van der Waals surface area contributed by atoms with Crippen molar-refractivity contribution in [3.63, 3.8) is 0 Å². The zero-order chi connectivity index (χ0) is 19.2. The maximum Gasteiger partial charge on any atom is 0.267 e. The summed E-state index contributed by atoms with van der Waals surface area (Å²) in [5.41, 5.74) is 2.48. The molecule has 0 spiro atoms. The molecule has 1 aliphatic heterocycles. The summed E-state index contributed by atoms with van der Waals surface area (Å²) in [5.74, 6) is -0.195. The van der Waals surface area contributed by atoms with Crippen LogP contribution >= 0.6 is 0 Å². The molecule has 1 aromatic carbocycles. The number of benzene rings is 1. The summed E-state index contributed by atoms with van der Waals surface area (Å²) in [5, 5.41) is 7.24. The van der Waals surface area contributed by atoms with Gasteiger partial charge in [-0.25, -0.2) is 4.68 Å². The van der Waals surface area contributed by atoms with Crippen LogP contribution in [0.1, 0.15) is 5.56 Å². The van der Waals surface area contributed by atoms with Gasteiger partial charge in [-0.1, -0.05) is 29.8 Å². The van der Waals surface area contributed by atoms with Gasteiger partial charge >= 0.3 is 0 Å². The first-order chi connectivity index (χ1) is 13.0. The summed E-state index contributed by atoms with van der Waals surface area (Å²) in [6.45, 7) is 7.50. The van der Waals surface area contributed by atoms with Gasteiger partial charge in [0.15, 0.2) is 0 Å². The molecule has 144 valence electrons. The first-order valence-corrected chi connectivity index (χ1v) is 9.34. The smallest absolute Gasteiger partial charge is 0.267 e. The van der Waals surface area contributed by atoms with Gasteiger partial charge in [0.25, 0.3) is 5.56 Å². The molecule has 1 amide bonds. The number of likely N-dealkylation sites (N-methyl/N-ethyl adjacent to an activating group) is 1. The van der Waals surface area contributed by atoms with Gasteiger partial charge in [-0.15, -0.1) is 0 Å². The second kappa shape index (κ2) is 8.92. The van der Waals surface area contributed by atoms with Crippen molar-refractivity contribution in [2.75, 3.05) is 46.3 Å². The number of carbonyl (C=O) groups excluding carboxylic acids is 1. The Morgan fingerprint density at radius 3 is 2.48 bits per heavy atom. The Hall–Kier alpha value is -2.51. The van der Waals surface area contributed by atoms with Crippen molar-refractivity contribution < 1.29 is 4.79 Å². The highest BCUT2D eigenvalue weighted by Crippen LogP contribution is 2.15. The van der Waals surface area contributed by atoms with Crippen molar-refractivity contribution in [3.8, 4) is 11.3 Å². The van der Waals surface area contributed by atoms with Gasteiger partial charge in [-0.05, 0) is 20.0 Å². The first kappa shape index (κ1) is 19.3. The maximum atomic E-state index is 12.2. The molecule has 0 bridgehead atoms. The summed E-state index contributed by atoms with van der Waals surface area (Å²) >= 11 is 0. The van der Waals surface area contributed by atoms with Crippen LogP contribution in [0, 0.1) is 6.92 Å². The number of aromatic nitrogens is 2. The number of carbonyl (C=O) groups is 1. The second-order valence-corrected chi connectivity index (χ2v) is 7.08. The van der Waals surface area contributed by atoms with E-state index in [2.05, 4.69) is 27.3 Å². The Morgan fingerprint density at radius 1 is 1.07 bits per heavy atom. The van der Waals surface area contributed by atoms with Gasteiger partial charge in [0, 0.05) is 50.9 Å². The van der Waals surface area contributed by atoms with E-state index in [1.165, 1.54) is 10.7 Å². The van der Waals surface area contributed by atoms with Gasteiger partial charge in [0.2, 0.25) is 5.91 Å². The van der Waals surface area contributed by atoms with Crippen molar-refractivity contribution in [3.05, 3.63) is 52.3 Å². The number of nitrogens with zero attached hydrogens (tertiary/aromatic N) is 4. The van der Waals surface area contributed by atoms with Crippen LogP contribution in [0.4, 0.5) is 0 Å². The van der Waals surface area contributed by atoms with Gasteiger partial charge < -0.3 is 10.2 Å². The summed E-state index contributed by atoms with van der Waals surface area (Å²) in [7, 11) is 2.12. The number of rotatable bonds is 6. The molecular weight excluding hydrogens is 342 g/mol. The van der Waals surface area contributed by atoms with Gasteiger partial charge in [0.1, 0.15) is 6.54 Å². The highest BCUT2D eigenvalue weighted by molar-refractivity contribution is 5.75. The van der Waals surface area contributed by atoms with E-state index in [0.717, 1.165) is 43.9 Å². The Morgan fingerprint density at radius 2 is 1.78 bits per heavy atom. The fourth-order valence-corrected chi connectivity index (χ4v) is 3.06. The lowest BCUT2D eigenvalue weighted by Crippen LogP contribution is -2.47. The van der Waals surface area contributed by atoms with Crippen LogP contribution in [-0.4, -0.2) is 71.8 Å². The van der Waals surface area contributed by atoms with Gasteiger partial charge in [-0.3, -0.25) is 14.5 Å². The molecule has 1 aliphatic rings. The summed E-state index contributed by atoms with van der Waals surface area (Å²) in [4.78, 5) is 28.9. The van der Waals surface area contributed by atoms with E-state index in [1.807, 2.05) is 31.2 Å². The lowest BCUT2D eigenvalue weighted by molar-refractivity contribution is -0.122. The zero-order valence-electron chi connectivity index (χ0n) is 16.0. The summed E-state index contributed by atoms with van der Waals surface area (Å²) in [6, 6.07) is 11.1. The predicted octanol–water partition coefficient (Wildman–Crippen LogP) is 0.582. The van der Waals surface area contributed by atoms with E-state index in [1.54, 1.807) is 6.07 Å². The van der Waals surface area contributed by atoms with Crippen LogP contribution in [0.25, 0.3) is 11.3 Å². The molecule has 7 nitrogen and oxygen atoms in total. The largest absolute Gasteiger partial charge is 0.353 e. The topological polar surface area (TPSA) is 70.5 Å². The quantitative estimate of drug-likeness (QED) is 0.807. The maximum absolute atomic E-state index is 12.2. The number of hydrogen-bond donors (Lipinski definition) is 1. The third kappa shape index (κ3) is 5.48. The third-order valence-corrected chi connectivity index (χ3v) is 4.85. The van der Waals surface area contributed by atoms with E-state index < -0.39 is 0 Å². The normalized spacial score (nSPS) is 15.6. The molecule has 2 aromatic rings. The molecular formula is C20H27N5O2. The third-order valence-electron chi connectivity index (χ3n) is 4.85. The summed E-state index contributed by atoms with van der Waals surface area (Å²) in [6.07, 6.45) is 0. The van der Waals surface area contributed by atoms with Crippen LogP contribution in [-0.2, 0) is 11.3 Å². The monoisotopic (exact) mass is 369 g/mol. The highest BCUT2D eigenvalue weighted by Gasteiger charge is 2.14. The standard InChI is InChI=1S/C20H27N5O2/c1-16-3-5-17(6-4-16)18-7-8-20(27)25(22-18)15-19(26)21-9-10-24-13-11-23(2)12-14-24/h3-8H,9-15H2,1-2H3,(H,21,26). The lowest BCUT2D eigenvalue weighted by Gasteiger charge is -2.32. The molecule has 1 N–H and O–H groups in total. The number of piperazine rings is 1. The van der Waals surface area contributed by atoms with E-state index in [4.69, 9.17) is 0 Å². The lowest BCUT2D eigenvalue weighted by atomic mass is 10.1. The fourth-order valence-electron chi connectivity index (χ4n) is 3.06. The Balaban J connectivity index is 1.55. The molecule has 2 heterocycles. The van der Waals surface area contributed by atoms with Crippen LogP contribution in [0.15, 0.2) is 41.2 Å². The Bertz CT molecular complexity index is 823. The number of amides is 1. The fraction of sp³-hybridized carbons (Fsp3) is 0.450. The van der Waals surface area contributed by atoms with Gasteiger partial charge in [0.05, 0.1) is 5.69 Å². The van der Waals surface area contributed by atoms with Crippen molar-refractivity contribution in [1.82, 2.24) is 24.9 Å². The SMILES string of the molecule is Cc1ccc(-c2ccc(=O)n(CC(=O)NCCN3CCN(C)CC3)n2)cc1. The van der Waals surface area contributed by atoms with Crippen molar-refractivity contribution in [2.45, 2.75) is 13.5 Å². The van der Waals surface area contributed by atoms with Crippen molar-refractivity contribution in [2.24, 2.45) is 0 Å². The molecule has 1 saturated heterocycles. The molecule has 7 heteroatoms. The van der Waals surface area contributed by atoms with E-state index in [-0.39, 0.29) is 18.0 Å². The molecule has 1 fully saturated rings. The van der Waals surface area contributed by atoms with Crippen molar-refractivity contribution in [1.29, 1.82) is 0 Å². The molecule has 0 saturated carbocycles. The summed E-state index contributed by atoms with van der Waals surface area (Å²) < 4.78 is 1.22. The molecule has 0 radical (unpaired) electrons.